The Labute approximate surface area is 184 Å². The van der Waals surface area contributed by atoms with E-state index in [9.17, 15) is 13.2 Å². The number of anilines is 1. The molecule has 2 fully saturated rings. The summed E-state index contributed by atoms with van der Waals surface area (Å²) in [5.74, 6) is -0.210. The maximum absolute atomic E-state index is 12.6. The van der Waals surface area contributed by atoms with E-state index < -0.39 is 9.84 Å². The van der Waals surface area contributed by atoms with E-state index in [1.54, 1.807) is 23.1 Å². The molecule has 2 aliphatic rings. The number of halogens is 2. The number of benzene rings is 2. The number of carbonyl (C=O) groups excluding carboxylic acids is 1. The van der Waals surface area contributed by atoms with E-state index in [2.05, 4.69) is 4.99 Å². The molecule has 152 valence electrons. The predicted molar refractivity (Wildman–Crippen MR) is 120 cm³/mol. The van der Waals surface area contributed by atoms with Gasteiger partial charge in [-0.25, -0.2) is 8.42 Å². The molecule has 0 bridgehead atoms. The van der Waals surface area contributed by atoms with Gasteiger partial charge in [-0.2, -0.15) is 4.99 Å². The van der Waals surface area contributed by atoms with Crippen LogP contribution in [0, 0.1) is 6.92 Å². The van der Waals surface area contributed by atoms with Gasteiger partial charge in [-0.1, -0.05) is 64.8 Å². The number of rotatable bonds is 3. The van der Waals surface area contributed by atoms with Crippen LogP contribution in [0.25, 0.3) is 0 Å². The first kappa shape index (κ1) is 20.7. The third kappa shape index (κ3) is 4.48. The summed E-state index contributed by atoms with van der Waals surface area (Å²) in [5.41, 5.74) is 2.61. The molecule has 2 aliphatic heterocycles. The van der Waals surface area contributed by atoms with E-state index in [1.807, 2.05) is 31.2 Å². The smallest absolute Gasteiger partial charge is 0.252 e. The molecule has 0 saturated carbocycles. The summed E-state index contributed by atoms with van der Waals surface area (Å²) in [6, 6.07) is 12.4. The third-order valence-electron chi connectivity index (χ3n) is 4.93. The number of amides is 1. The molecule has 2 atom stereocenters. The number of aliphatic imine (C=N–C) groups is 1. The number of fused-ring (bicyclic) bond motifs is 1. The first-order chi connectivity index (χ1) is 13.7. The van der Waals surface area contributed by atoms with Crippen LogP contribution < -0.4 is 4.90 Å². The molecule has 2 aromatic rings. The summed E-state index contributed by atoms with van der Waals surface area (Å²) in [6.45, 7) is 1.99. The van der Waals surface area contributed by atoms with E-state index in [4.69, 9.17) is 23.2 Å². The summed E-state index contributed by atoms with van der Waals surface area (Å²) in [5, 5.41) is 1.17. The van der Waals surface area contributed by atoms with E-state index in [0.717, 1.165) is 11.1 Å². The monoisotopic (exact) mass is 468 g/mol. The molecule has 0 N–H and O–H groups in total. The van der Waals surface area contributed by atoms with Crippen molar-refractivity contribution in [3.63, 3.8) is 0 Å². The molecule has 2 heterocycles. The van der Waals surface area contributed by atoms with Crippen molar-refractivity contribution in [2.24, 2.45) is 4.99 Å². The van der Waals surface area contributed by atoms with Gasteiger partial charge in [0.15, 0.2) is 15.0 Å². The Hall–Kier alpha value is -1.54. The number of aryl methyl sites for hydroxylation is 1. The van der Waals surface area contributed by atoms with Gasteiger partial charge in [-0.15, -0.1) is 0 Å². The minimum atomic E-state index is -3.14. The summed E-state index contributed by atoms with van der Waals surface area (Å²) in [4.78, 5) is 18.7. The van der Waals surface area contributed by atoms with Gasteiger partial charge in [0.25, 0.3) is 5.91 Å². The van der Waals surface area contributed by atoms with Crippen molar-refractivity contribution in [1.82, 2.24) is 0 Å². The van der Waals surface area contributed by atoms with Crippen LogP contribution in [0.1, 0.15) is 11.1 Å². The van der Waals surface area contributed by atoms with Gasteiger partial charge < -0.3 is 4.90 Å². The molecule has 2 unspecified atom stereocenters. The zero-order valence-electron chi connectivity index (χ0n) is 15.5. The molecule has 9 heteroatoms. The van der Waals surface area contributed by atoms with Gasteiger partial charge in [0.05, 0.1) is 34.7 Å². The Balaban J connectivity index is 1.66. The molecule has 1 amide bonds. The largest absolute Gasteiger partial charge is 0.314 e. The highest BCUT2D eigenvalue weighted by atomic mass is 35.5. The van der Waals surface area contributed by atoms with E-state index in [0.29, 0.717) is 20.9 Å². The van der Waals surface area contributed by atoms with Crippen molar-refractivity contribution in [1.29, 1.82) is 0 Å². The lowest BCUT2D eigenvalue weighted by Crippen LogP contribution is -2.38. The van der Waals surface area contributed by atoms with Crippen molar-refractivity contribution in [2.45, 2.75) is 24.6 Å². The van der Waals surface area contributed by atoms with Gasteiger partial charge in [-0.05, 0) is 30.7 Å². The predicted octanol–water partition coefficient (Wildman–Crippen LogP) is 4.15. The van der Waals surface area contributed by atoms with Crippen LogP contribution in [0.4, 0.5) is 5.69 Å². The Morgan fingerprint density at radius 3 is 2.59 bits per heavy atom. The second-order valence-corrected chi connectivity index (χ2v) is 11.4. The Kier molecular flexibility index (Phi) is 5.68. The van der Waals surface area contributed by atoms with Gasteiger partial charge in [0.2, 0.25) is 0 Å². The second-order valence-electron chi connectivity index (χ2n) is 7.22. The molecule has 0 aliphatic carbocycles. The van der Waals surface area contributed by atoms with Gasteiger partial charge in [-0.3, -0.25) is 4.79 Å². The molecule has 0 aromatic heterocycles. The topological polar surface area (TPSA) is 66.8 Å². The first-order valence-electron chi connectivity index (χ1n) is 9.00. The maximum atomic E-state index is 12.6. The molecular formula is C20H18Cl2N2O3S2. The molecule has 2 aromatic carbocycles. The Morgan fingerprint density at radius 1 is 1.17 bits per heavy atom. The van der Waals surface area contributed by atoms with Crippen LogP contribution in [0.3, 0.4) is 0 Å². The second kappa shape index (κ2) is 7.95. The summed E-state index contributed by atoms with van der Waals surface area (Å²) >= 11 is 13.7. The number of carbonyl (C=O) groups is 1. The third-order valence-corrected chi connectivity index (χ3v) is 8.68. The van der Waals surface area contributed by atoms with Crippen LogP contribution in [0.2, 0.25) is 10.0 Å². The average molecular weight is 469 g/mol. The minimum absolute atomic E-state index is 0.00872. The van der Waals surface area contributed by atoms with Crippen molar-refractivity contribution < 1.29 is 13.2 Å². The SMILES string of the molecule is Cc1ccc(CC(=O)N=C2SC3CS(=O)(=O)CC3N2c2ccc(Cl)cc2Cl)cc1. The Bertz CT molecular complexity index is 1100. The average Bonchev–Trinajstić information content (AvgIpc) is 3.08. The highest BCUT2D eigenvalue weighted by Crippen LogP contribution is 2.43. The maximum Gasteiger partial charge on any atom is 0.252 e. The lowest BCUT2D eigenvalue weighted by atomic mass is 10.1. The highest BCUT2D eigenvalue weighted by Gasteiger charge is 2.49. The van der Waals surface area contributed by atoms with Gasteiger partial charge in [0.1, 0.15) is 0 Å². The summed E-state index contributed by atoms with van der Waals surface area (Å²) in [7, 11) is -3.14. The van der Waals surface area contributed by atoms with Crippen LogP contribution in [-0.2, 0) is 21.1 Å². The molecule has 29 heavy (non-hydrogen) atoms. The molecule has 0 radical (unpaired) electrons. The van der Waals surface area contributed by atoms with Gasteiger partial charge in [0, 0.05) is 10.3 Å². The number of hydrogen-bond donors (Lipinski definition) is 0. The zero-order valence-corrected chi connectivity index (χ0v) is 18.7. The number of hydrogen-bond acceptors (Lipinski definition) is 4. The number of amidine groups is 1. The van der Waals surface area contributed by atoms with Crippen LogP contribution in [0.15, 0.2) is 47.5 Å². The lowest BCUT2D eigenvalue weighted by molar-refractivity contribution is -0.117. The summed E-state index contributed by atoms with van der Waals surface area (Å²) in [6.07, 6.45) is 0.181. The van der Waals surface area contributed by atoms with Crippen molar-refractivity contribution in [3.05, 3.63) is 63.6 Å². The fourth-order valence-corrected chi connectivity index (χ4v) is 7.97. The van der Waals surface area contributed by atoms with E-state index >= 15 is 0 Å². The number of thioether (sulfide) groups is 1. The fourth-order valence-electron chi connectivity index (χ4n) is 3.55. The Morgan fingerprint density at radius 2 is 1.90 bits per heavy atom. The van der Waals surface area contributed by atoms with E-state index in [-0.39, 0.29) is 35.1 Å². The molecule has 0 spiro atoms. The van der Waals surface area contributed by atoms with Crippen molar-refractivity contribution >= 4 is 61.6 Å². The number of nitrogens with zero attached hydrogens (tertiary/aromatic N) is 2. The van der Waals surface area contributed by atoms with Crippen LogP contribution in [-0.4, -0.2) is 42.3 Å². The molecule has 4 rings (SSSR count). The van der Waals surface area contributed by atoms with E-state index in [1.165, 1.54) is 11.8 Å². The van der Waals surface area contributed by atoms with Crippen LogP contribution >= 0.6 is 35.0 Å². The first-order valence-corrected chi connectivity index (χ1v) is 12.5. The van der Waals surface area contributed by atoms with Crippen molar-refractivity contribution in [2.75, 3.05) is 16.4 Å². The quantitative estimate of drug-likeness (QED) is 0.676. The lowest BCUT2D eigenvalue weighted by Gasteiger charge is -2.25. The normalized spacial score (nSPS) is 24.1. The van der Waals surface area contributed by atoms with Crippen molar-refractivity contribution in [3.8, 4) is 0 Å². The fraction of sp³-hybridized carbons (Fsp3) is 0.300. The zero-order chi connectivity index (χ0) is 20.8. The van der Waals surface area contributed by atoms with Gasteiger partial charge >= 0.3 is 0 Å². The molecular weight excluding hydrogens is 451 g/mol. The molecule has 5 nitrogen and oxygen atoms in total. The summed E-state index contributed by atoms with van der Waals surface area (Å²) < 4.78 is 24.3. The van der Waals surface area contributed by atoms with Crippen LogP contribution in [0.5, 0.6) is 0 Å². The standard InChI is InChI=1S/C20H18Cl2N2O3S2/c1-12-2-4-13(5-3-12)8-19(25)23-20-24(16-7-6-14(21)9-15(16)22)17-10-29(26,27)11-18(17)28-20/h2-7,9,17-18H,8,10-11H2,1H3. The minimum Gasteiger partial charge on any atom is -0.314 e. The molecule has 2 saturated heterocycles. The number of sulfone groups is 1. The highest BCUT2D eigenvalue weighted by molar-refractivity contribution is 8.16.